The molecule has 6 heterocycles. The summed E-state index contributed by atoms with van der Waals surface area (Å²) in [7, 11) is 1.67. The summed E-state index contributed by atoms with van der Waals surface area (Å²) in [4.78, 5) is 77.6. The van der Waals surface area contributed by atoms with Crippen molar-refractivity contribution in [2.24, 2.45) is 16.7 Å². The Labute approximate surface area is 386 Å². The molecule has 0 aliphatic carbocycles. The van der Waals surface area contributed by atoms with Gasteiger partial charge in [0.1, 0.15) is 23.9 Å². The number of hydrogen-bond donors (Lipinski definition) is 3. The number of nitrogens with zero attached hydrogens (tertiary/aromatic N) is 5. The van der Waals surface area contributed by atoms with Crippen LogP contribution in [0.5, 0.6) is 5.75 Å². The van der Waals surface area contributed by atoms with Crippen LogP contribution in [0.2, 0.25) is 0 Å². The Morgan fingerprint density at radius 3 is 2.56 bits per heavy atom. The average molecular weight is 902 g/mol. The third kappa shape index (κ3) is 8.70. The summed E-state index contributed by atoms with van der Waals surface area (Å²) in [6.45, 7) is 17.5. The van der Waals surface area contributed by atoms with E-state index in [0.717, 1.165) is 44.5 Å². The lowest BCUT2D eigenvalue weighted by molar-refractivity contribution is -0.156. The van der Waals surface area contributed by atoms with E-state index in [1.807, 2.05) is 39.0 Å². The maximum absolute atomic E-state index is 14.7. The van der Waals surface area contributed by atoms with E-state index < -0.39 is 46.7 Å². The van der Waals surface area contributed by atoms with Crippen molar-refractivity contribution in [1.82, 2.24) is 35.1 Å². The second-order valence-corrected chi connectivity index (χ2v) is 19.6. The van der Waals surface area contributed by atoms with Gasteiger partial charge in [0.15, 0.2) is 0 Å². The van der Waals surface area contributed by atoms with E-state index in [-0.39, 0.29) is 62.2 Å². The van der Waals surface area contributed by atoms with Gasteiger partial charge >= 0.3 is 5.97 Å². The van der Waals surface area contributed by atoms with Crippen LogP contribution in [0.1, 0.15) is 83.7 Å². The third-order valence-electron chi connectivity index (χ3n) is 13.9. The minimum atomic E-state index is -1.15. The fourth-order valence-electron chi connectivity index (χ4n) is 10.5. The summed E-state index contributed by atoms with van der Waals surface area (Å²) < 4.78 is 14.2. The van der Waals surface area contributed by atoms with Gasteiger partial charge in [-0.15, -0.1) is 0 Å². The van der Waals surface area contributed by atoms with Gasteiger partial charge in [-0.25, -0.2) is 5.43 Å². The smallest absolute Gasteiger partial charge is 0.324 e. The molecule has 350 valence electrons. The van der Waals surface area contributed by atoms with E-state index in [9.17, 15) is 29.1 Å². The van der Waals surface area contributed by atoms with Gasteiger partial charge in [0.25, 0.3) is 5.91 Å². The molecule has 4 atom stereocenters. The third-order valence-corrected chi connectivity index (χ3v) is 13.9. The maximum Gasteiger partial charge on any atom is 0.324 e. The number of esters is 1. The van der Waals surface area contributed by atoms with Crippen LogP contribution < -0.4 is 10.7 Å². The first-order valence-electron chi connectivity index (χ1n) is 23.2. The Hall–Kier alpha value is -6.06. The normalized spacial score (nSPS) is 21.6. The molecule has 4 amide bonds. The second kappa shape index (κ2) is 18.3. The fraction of sp³-hybridized carbons (Fsp3) is 0.490. The Morgan fingerprint density at radius 2 is 1.85 bits per heavy atom. The van der Waals surface area contributed by atoms with Crippen molar-refractivity contribution in [3.05, 3.63) is 84.2 Å². The highest BCUT2D eigenvalue weighted by Gasteiger charge is 2.57. The Kier molecular flexibility index (Phi) is 12.9. The number of rotatable bonds is 9. The monoisotopic (exact) mass is 901 g/mol. The van der Waals surface area contributed by atoms with E-state index in [1.54, 1.807) is 35.2 Å². The van der Waals surface area contributed by atoms with Gasteiger partial charge in [-0.2, -0.15) is 0 Å². The number of carbonyl (C=O) groups is 5. The van der Waals surface area contributed by atoms with Crippen molar-refractivity contribution in [2.45, 2.75) is 104 Å². The number of nitrogens with one attached hydrogen (secondary N) is 2. The van der Waals surface area contributed by atoms with Crippen LogP contribution in [0.4, 0.5) is 0 Å². The highest BCUT2D eigenvalue weighted by Crippen LogP contribution is 2.44. The Balaban J connectivity index is 1.20. The molecule has 0 saturated carbocycles. The van der Waals surface area contributed by atoms with Crippen molar-refractivity contribution in [3.63, 3.8) is 0 Å². The number of fused-ring (bicyclic) bond motifs is 6. The first-order valence-corrected chi connectivity index (χ1v) is 23.2. The number of benzene rings is 2. The van der Waals surface area contributed by atoms with E-state index >= 15 is 0 Å². The topological polar surface area (TPSA) is 176 Å². The molecular weight excluding hydrogens is 839 g/mol. The maximum atomic E-state index is 14.7. The summed E-state index contributed by atoms with van der Waals surface area (Å²) in [5.74, 6) is -2.18. The Morgan fingerprint density at radius 1 is 1.08 bits per heavy atom. The molecule has 15 nitrogen and oxygen atoms in total. The quantitative estimate of drug-likeness (QED) is 0.139. The lowest BCUT2D eigenvalue weighted by Crippen LogP contribution is -2.64. The average Bonchev–Trinajstić information content (AvgIpc) is 3.78. The van der Waals surface area contributed by atoms with Crippen molar-refractivity contribution in [1.29, 1.82) is 0 Å². The SMILES string of the molecule is C=CC(=O)N1CC2(CCN(C(C(=O)N[C@H]3Cc4cc(O)cc(c4)-c4ccc5c(c4)c(c(-c4cccnc4[C@H](C)OC)n5CC)CC(C)(C)COC(=O)[C@@H]4CCCN(N4)C3=O)C(C)C)C2=O)C1. The first kappa shape index (κ1) is 46.5. The molecule has 3 N–H and O–H groups in total. The van der Waals surface area contributed by atoms with Crippen molar-refractivity contribution >= 4 is 40.5 Å². The van der Waals surface area contributed by atoms with E-state index in [1.165, 1.54) is 11.1 Å². The molecule has 3 fully saturated rings. The number of likely N-dealkylation sites (tertiary alicyclic amines) is 2. The van der Waals surface area contributed by atoms with Crippen molar-refractivity contribution in [3.8, 4) is 28.1 Å². The predicted octanol–water partition coefficient (Wildman–Crippen LogP) is 5.72. The van der Waals surface area contributed by atoms with E-state index in [4.69, 9.17) is 14.5 Å². The van der Waals surface area contributed by atoms with Gasteiger partial charge in [-0.3, -0.25) is 34.0 Å². The number of aromatic nitrogens is 2. The number of phenolic OH excluding ortho intramolecular Hbond substituents is 1. The second-order valence-electron chi connectivity index (χ2n) is 19.6. The van der Waals surface area contributed by atoms with Crippen LogP contribution in [0.3, 0.4) is 0 Å². The van der Waals surface area contributed by atoms with Crippen LogP contribution in [-0.4, -0.2) is 117 Å². The van der Waals surface area contributed by atoms with Crippen LogP contribution in [0, 0.1) is 16.7 Å². The van der Waals surface area contributed by atoms with E-state index in [0.29, 0.717) is 44.3 Å². The van der Waals surface area contributed by atoms with Crippen LogP contribution in [0.25, 0.3) is 33.3 Å². The molecule has 3 saturated heterocycles. The number of cyclic esters (lactones) is 1. The molecule has 4 aromatic rings. The van der Waals surface area contributed by atoms with Gasteiger partial charge in [0.2, 0.25) is 17.7 Å². The standard InChI is InChI=1S/C51H63N7O8/c1-9-42(60)55-27-51(28-55)17-20-57(49(51)64)44(30(3)4)46(61)53-40-23-32-21-34(24-35(59)22-32)33-15-16-41-37(25-33)38(45(56(41)10-2)36-13-11-18-52-43(36)31(5)65-8)26-50(6,7)29-66-48(63)39-14-12-19-58(54-39)47(40)62/h9,11,13,15-16,18,21-22,24-25,30-31,39-40,44,54,59H,1,10,12,14,17,19-20,23,26-29H2,2-8H3,(H,53,61)/t31-,39-,40-,44?/m0/s1. The van der Waals surface area contributed by atoms with Crippen molar-refractivity contribution in [2.75, 3.05) is 39.9 Å². The molecule has 2 aromatic carbocycles. The largest absolute Gasteiger partial charge is 0.508 e. The van der Waals surface area contributed by atoms with Crippen LogP contribution >= 0.6 is 0 Å². The summed E-state index contributed by atoms with van der Waals surface area (Å²) >= 11 is 0. The summed E-state index contributed by atoms with van der Waals surface area (Å²) in [5.41, 5.74) is 8.81. The number of hydrogen-bond acceptors (Lipinski definition) is 10. The van der Waals surface area contributed by atoms with Gasteiger partial charge in [-0.1, -0.05) is 46.4 Å². The highest BCUT2D eigenvalue weighted by atomic mass is 16.5. The fourth-order valence-corrected chi connectivity index (χ4v) is 10.5. The lowest BCUT2D eigenvalue weighted by atomic mass is 9.78. The molecule has 6 bridgehead atoms. The minimum absolute atomic E-state index is 0.000101. The van der Waals surface area contributed by atoms with Gasteiger partial charge in [0, 0.05) is 74.3 Å². The number of hydrazine groups is 1. The summed E-state index contributed by atoms with van der Waals surface area (Å²) in [6, 6.07) is 12.6. The van der Waals surface area contributed by atoms with Crippen LogP contribution in [-0.2, 0) is 52.8 Å². The zero-order chi connectivity index (χ0) is 47.2. The molecule has 0 radical (unpaired) electrons. The first-order chi connectivity index (χ1) is 31.5. The number of phenols is 1. The Bertz CT molecular complexity index is 2580. The molecule has 15 heteroatoms. The van der Waals surface area contributed by atoms with Crippen molar-refractivity contribution < 1.29 is 38.6 Å². The molecule has 4 aliphatic heterocycles. The zero-order valence-corrected chi connectivity index (χ0v) is 39.2. The molecule has 2 aromatic heterocycles. The minimum Gasteiger partial charge on any atom is -0.508 e. The number of aromatic hydroxyl groups is 1. The number of carbonyl (C=O) groups excluding carboxylic acids is 5. The molecular formula is C51H63N7O8. The molecule has 1 unspecified atom stereocenters. The number of aryl methyl sites for hydroxylation is 1. The molecule has 8 rings (SSSR count). The molecule has 1 spiro atoms. The van der Waals surface area contributed by atoms with Gasteiger partial charge < -0.3 is 34.3 Å². The van der Waals surface area contributed by atoms with Crippen LogP contribution in [0.15, 0.2) is 67.4 Å². The predicted molar refractivity (Wildman–Crippen MR) is 249 cm³/mol. The number of pyridine rings is 1. The summed E-state index contributed by atoms with van der Waals surface area (Å²) in [6.07, 6.45) is 4.73. The lowest BCUT2D eigenvalue weighted by Gasteiger charge is -2.46. The summed E-state index contributed by atoms with van der Waals surface area (Å²) in [5, 5.41) is 16.8. The van der Waals surface area contributed by atoms with Gasteiger partial charge in [0.05, 0.1) is 29.5 Å². The number of amides is 4. The number of methoxy groups -OCH3 is 1. The zero-order valence-electron chi connectivity index (χ0n) is 39.2. The number of ether oxygens (including phenoxy) is 2. The molecule has 4 aliphatic rings. The van der Waals surface area contributed by atoms with Gasteiger partial charge in [-0.05, 0) is 110 Å². The van der Waals surface area contributed by atoms with E-state index in [2.05, 4.69) is 60.9 Å². The molecule has 66 heavy (non-hydrogen) atoms. The highest BCUT2D eigenvalue weighted by molar-refractivity contribution is 5.98.